The lowest BCUT2D eigenvalue weighted by molar-refractivity contribution is 0.163. The van der Waals surface area contributed by atoms with E-state index in [0.29, 0.717) is 17.1 Å². The molecule has 2 nitrogen and oxygen atoms in total. The summed E-state index contributed by atoms with van der Waals surface area (Å²) < 4.78 is 0. The number of aliphatic hydroxyl groups is 1. The molecular formula is C12H12ClNOS. The maximum absolute atomic E-state index is 9.91. The number of rotatable bonds is 4. The van der Waals surface area contributed by atoms with Gasteiger partial charge in [-0.05, 0) is 36.4 Å². The van der Waals surface area contributed by atoms with Crippen LogP contribution in [0.25, 0.3) is 0 Å². The van der Waals surface area contributed by atoms with Crippen LogP contribution >= 0.6 is 22.9 Å². The van der Waals surface area contributed by atoms with Crippen LogP contribution in [0.3, 0.4) is 0 Å². The minimum Gasteiger partial charge on any atom is -0.387 e. The second-order valence-corrected chi connectivity index (χ2v) is 5.00. The highest BCUT2D eigenvalue weighted by Crippen LogP contribution is 2.20. The van der Waals surface area contributed by atoms with Crippen LogP contribution in [0.5, 0.6) is 0 Å². The molecule has 16 heavy (non-hydrogen) atoms. The van der Waals surface area contributed by atoms with E-state index >= 15 is 0 Å². The van der Waals surface area contributed by atoms with Crippen LogP contribution in [0.15, 0.2) is 35.8 Å². The van der Waals surface area contributed by atoms with Crippen LogP contribution in [-0.4, -0.2) is 10.1 Å². The summed E-state index contributed by atoms with van der Waals surface area (Å²) in [7, 11) is 0. The first-order chi connectivity index (χ1) is 7.75. The molecule has 0 aliphatic heterocycles. The number of pyridine rings is 1. The van der Waals surface area contributed by atoms with Crippen molar-refractivity contribution >= 4 is 22.9 Å². The second-order valence-electron chi connectivity index (χ2n) is 3.54. The van der Waals surface area contributed by atoms with E-state index in [9.17, 15) is 5.11 Å². The molecule has 0 aromatic carbocycles. The van der Waals surface area contributed by atoms with Gasteiger partial charge < -0.3 is 5.11 Å². The zero-order chi connectivity index (χ0) is 11.4. The molecule has 0 saturated heterocycles. The molecule has 0 amide bonds. The van der Waals surface area contributed by atoms with Crippen LogP contribution in [-0.2, 0) is 6.42 Å². The molecule has 1 unspecified atom stereocenters. The molecule has 1 N–H and O–H groups in total. The average Bonchev–Trinajstić information content (AvgIpc) is 2.80. The minimum absolute atomic E-state index is 0.514. The average molecular weight is 254 g/mol. The molecule has 0 saturated carbocycles. The molecule has 1 atom stereocenters. The smallest absolute Gasteiger partial charge is 0.0963 e. The molecule has 2 heterocycles. The Bertz CT molecular complexity index is 427. The number of halogens is 1. The molecule has 0 spiro atoms. The molecule has 0 aliphatic rings. The van der Waals surface area contributed by atoms with Crippen molar-refractivity contribution in [3.63, 3.8) is 0 Å². The third-order valence-corrected chi connectivity index (χ3v) is 3.50. The molecule has 84 valence electrons. The van der Waals surface area contributed by atoms with Crippen molar-refractivity contribution in [3.8, 4) is 0 Å². The molecular weight excluding hydrogens is 242 g/mol. The Kier molecular flexibility index (Phi) is 3.93. The molecule has 2 aromatic heterocycles. The summed E-state index contributed by atoms with van der Waals surface area (Å²) in [6.45, 7) is 0. The van der Waals surface area contributed by atoms with Gasteiger partial charge in [0, 0.05) is 11.1 Å². The summed E-state index contributed by atoms with van der Waals surface area (Å²) in [6.07, 6.45) is 2.61. The number of thiophene rings is 1. The Labute approximate surface area is 104 Å². The van der Waals surface area contributed by atoms with Gasteiger partial charge in [-0.1, -0.05) is 17.7 Å². The van der Waals surface area contributed by atoms with E-state index in [1.807, 2.05) is 11.4 Å². The third-order valence-electron chi connectivity index (χ3n) is 2.34. The second kappa shape index (κ2) is 5.43. The lowest BCUT2D eigenvalue weighted by Gasteiger charge is -2.08. The van der Waals surface area contributed by atoms with Crippen molar-refractivity contribution in [3.05, 3.63) is 51.4 Å². The van der Waals surface area contributed by atoms with E-state index in [4.69, 9.17) is 11.6 Å². The van der Waals surface area contributed by atoms with E-state index < -0.39 is 6.10 Å². The Hall–Kier alpha value is -0.900. The van der Waals surface area contributed by atoms with Crippen LogP contribution in [0.4, 0.5) is 0 Å². The normalized spacial score (nSPS) is 12.6. The van der Waals surface area contributed by atoms with Gasteiger partial charge in [-0.2, -0.15) is 0 Å². The first-order valence-corrected chi connectivity index (χ1v) is 6.33. The van der Waals surface area contributed by atoms with E-state index in [2.05, 4.69) is 11.1 Å². The van der Waals surface area contributed by atoms with Gasteiger partial charge in [-0.3, -0.25) is 4.98 Å². The topological polar surface area (TPSA) is 33.1 Å². The maximum atomic E-state index is 9.91. The summed E-state index contributed by atoms with van der Waals surface area (Å²) >= 11 is 7.44. The predicted octanol–water partition coefficient (Wildman–Crippen LogP) is 3.46. The largest absolute Gasteiger partial charge is 0.387 e. The van der Waals surface area contributed by atoms with Crippen molar-refractivity contribution in [1.29, 1.82) is 0 Å². The maximum Gasteiger partial charge on any atom is 0.0963 e. The van der Waals surface area contributed by atoms with Crippen LogP contribution in [0.1, 0.15) is 23.1 Å². The summed E-state index contributed by atoms with van der Waals surface area (Å²) in [5.74, 6) is 0. The van der Waals surface area contributed by atoms with Crippen molar-refractivity contribution < 1.29 is 5.11 Å². The van der Waals surface area contributed by atoms with E-state index in [0.717, 1.165) is 6.42 Å². The molecule has 0 aliphatic carbocycles. The summed E-state index contributed by atoms with van der Waals surface area (Å²) in [5.41, 5.74) is 0.681. The molecule has 2 rings (SSSR count). The van der Waals surface area contributed by atoms with Gasteiger partial charge in [0.25, 0.3) is 0 Å². The Balaban J connectivity index is 1.93. The number of hydrogen-bond acceptors (Lipinski definition) is 3. The van der Waals surface area contributed by atoms with Crippen LogP contribution in [0.2, 0.25) is 5.02 Å². The van der Waals surface area contributed by atoms with Crippen LogP contribution < -0.4 is 0 Å². The van der Waals surface area contributed by atoms with Crippen molar-refractivity contribution in [2.75, 3.05) is 0 Å². The first-order valence-electron chi connectivity index (χ1n) is 5.07. The Morgan fingerprint density at radius 1 is 1.38 bits per heavy atom. The highest BCUT2D eigenvalue weighted by Gasteiger charge is 2.09. The van der Waals surface area contributed by atoms with Gasteiger partial charge in [0.15, 0.2) is 0 Å². The molecule has 0 fully saturated rings. The Morgan fingerprint density at radius 2 is 2.25 bits per heavy atom. The van der Waals surface area contributed by atoms with E-state index in [-0.39, 0.29) is 0 Å². The number of aliphatic hydroxyl groups excluding tert-OH is 1. The molecule has 2 aromatic rings. The minimum atomic E-state index is -0.514. The summed E-state index contributed by atoms with van der Waals surface area (Å²) in [6, 6.07) is 7.61. The fraction of sp³-hybridized carbons (Fsp3) is 0.250. The number of aromatic nitrogens is 1. The van der Waals surface area contributed by atoms with Crippen molar-refractivity contribution in [1.82, 2.24) is 4.98 Å². The summed E-state index contributed by atoms with van der Waals surface area (Å²) in [4.78, 5) is 5.38. The Morgan fingerprint density at radius 3 is 2.88 bits per heavy atom. The van der Waals surface area contributed by atoms with Crippen molar-refractivity contribution in [2.45, 2.75) is 18.9 Å². The van der Waals surface area contributed by atoms with Gasteiger partial charge in [-0.25, -0.2) is 0 Å². The van der Waals surface area contributed by atoms with Gasteiger partial charge in [-0.15, -0.1) is 11.3 Å². The zero-order valence-electron chi connectivity index (χ0n) is 8.64. The summed E-state index contributed by atoms with van der Waals surface area (Å²) in [5, 5.41) is 12.5. The molecule has 0 radical (unpaired) electrons. The highest BCUT2D eigenvalue weighted by molar-refractivity contribution is 7.09. The molecule has 4 heteroatoms. The quantitative estimate of drug-likeness (QED) is 0.905. The third kappa shape index (κ3) is 3.04. The van der Waals surface area contributed by atoms with Crippen LogP contribution in [0, 0.1) is 0 Å². The number of hydrogen-bond donors (Lipinski definition) is 1. The van der Waals surface area contributed by atoms with Crippen molar-refractivity contribution in [2.24, 2.45) is 0 Å². The predicted molar refractivity (Wildman–Crippen MR) is 66.8 cm³/mol. The highest BCUT2D eigenvalue weighted by atomic mass is 35.5. The zero-order valence-corrected chi connectivity index (χ0v) is 10.2. The SMILES string of the molecule is OC(CCc1cccs1)c1ccc(Cl)cn1. The van der Waals surface area contributed by atoms with E-state index in [1.165, 1.54) is 4.88 Å². The monoisotopic (exact) mass is 253 g/mol. The number of aryl methyl sites for hydroxylation is 1. The first kappa shape index (κ1) is 11.6. The lowest BCUT2D eigenvalue weighted by Crippen LogP contribution is -2.01. The van der Waals surface area contributed by atoms with Gasteiger partial charge in [0.2, 0.25) is 0 Å². The lowest BCUT2D eigenvalue weighted by atomic mass is 10.1. The van der Waals surface area contributed by atoms with Gasteiger partial charge in [0.05, 0.1) is 16.8 Å². The fourth-order valence-electron chi connectivity index (χ4n) is 1.47. The molecule has 0 bridgehead atoms. The standard InChI is InChI=1S/C12H12ClNOS/c13-9-3-5-11(14-8-9)12(15)6-4-10-2-1-7-16-10/h1-3,5,7-8,12,15H,4,6H2. The van der Waals surface area contributed by atoms with E-state index in [1.54, 1.807) is 29.7 Å². The number of nitrogens with zero attached hydrogens (tertiary/aromatic N) is 1. The van der Waals surface area contributed by atoms with Gasteiger partial charge >= 0.3 is 0 Å². The van der Waals surface area contributed by atoms with Gasteiger partial charge in [0.1, 0.15) is 0 Å². The fourth-order valence-corrected chi connectivity index (χ4v) is 2.30.